The van der Waals surface area contributed by atoms with Gasteiger partial charge >= 0.3 is 0 Å². The molecule has 0 saturated carbocycles. The lowest BCUT2D eigenvalue weighted by Crippen LogP contribution is -2.36. The highest BCUT2D eigenvalue weighted by atomic mass is 31.1. The molecule has 0 nitrogen and oxygen atoms in total. The van der Waals surface area contributed by atoms with Crippen LogP contribution < -0.4 is 0 Å². The van der Waals surface area contributed by atoms with Gasteiger partial charge in [-0.1, -0.05) is 98.7 Å². The van der Waals surface area contributed by atoms with Crippen molar-refractivity contribution < 1.29 is 0 Å². The van der Waals surface area contributed by atoms with Crippen molar-refractivity contribution >= 4 is 14.2 Å². The topological polar surface area (TPSA) is 0 Å². The van der Waals surface area contributed by atoms with Gasteiger partial charge in [-0.15, -0.1) is 8.58 Å². The summed E-state index contributed by atoms with van der Waals surface area (Å²) in [5.41, 5.74) is 6.03. The number of hydrogen-bond acceptors (Lipinski definition) is 0. The van der Waals surface area contributed by atoms with Crippen molar-refractivity contribution in [1.82, 2.24) is 0 Å². The average Bonchev–Trinajstić information content (AvgIpc) is 2.53. The molecule has 1 aliphatic rings. The Bertz CT molecular complexity index is 683. The van der Waals surface area contributed by atoms with E-state index in [-0.39, 0.29) is 5.16 Å². The summed E-state index contributed by atoms with van der Waals surface area (Å²) in [4.78, 5) is 0. The van der Waals surface area contributed by atoms with Gasteiger partial charge in [0.15, 0.2) is 0 Å². The molecule has 144 valence electrons. The molecular weight excluding hydrogens is 331 g/mol. The molecule has 26 heavy (non-hydrogen) atoms. The minimum Gasteiger partial charge on any atom is -0.105 e. The summed E-state index contributed by atoms with van der Waals surface area (Å²) in [7, 11) is 0.910. The Morgan fingerprint density at radius 1 is 0.962 bits per heavy atom. The number of allylic oxidation sites excluding steroid dienone is 4. The van der Waals surface area contributed by atoms with E-state index < -0.39 is 0 Å². The van der Waals surface area contributed by atoms with Crippen LogP contribution in [0.2, 0.25) is 0 Å². The van der Waals surface area contributed by atoms with Gasteiger partial charge in [-0.25, -0.2) is 0 Å². The summed E-state index contributed by atoms with van der Waals surface area (Å²) >= 11 is 0. The van der Waals surface area contributed by atoms with Gasteiger partial charge in [0.2, 0.25) is 0 Å². The molecule has 0 amide bonds. The molecule has 1 aromatic rings. The van der Waals surface area contributed by atoms with Crippen molar-refractivity contribution in [3.05, 3.63) is 53.1 Å². The van der Waals surface area contributed by atoms with Crippen LogP contribution in [0, 0.1) is 5.92 Å². The van der Waals surface area contributed by atoms with Gasteiger partial charge in [-0.2, -0.15) is 0 Å². The lowest BCUT2D eigenvalue weighted by atomic mass is 9.75. The standard InChI is InChI=1S/C25H39P/c1-17(2)20-13-14-21(22(16-20)18(3)4)23-12-10-11-15-25(23,19(5)6)26-24(7,8)9/h10-14,16-19,26H,15H2,1-9H3. The molecule has 1 aliphatic carbocycles. The van der Waals surface area contributed by atoms with Crippen LogP contribution in [-0.4, -0.2) is 10.3 Å². The van der Waals surface area contributed by atoms with Crippen LogP contribution in [0.1, 0.15) is 97.3 Å². The van der Waals surface area contributed by atoms with Crippen molar-refractivity contribution in [2.75, 3.05) is 0 Å². The predicted octanol–water partition coefficient (Wildman–Crippen LogP) is 8.15. The van der Waals surface area contributed by atoms with Gasteiger partial charge in [-0.3, -0.25) is 0 Å². The summed E-state index contributed by atoms with van der Waals surface area (Å²) in [5, 5.41) is 0.584. The Kier molecular flexibility index (Phi) is 6.61. The first-order chi connectivity index (χ1) is 12.0. The lowest BCUT2D eigenvalue weighted by molar-refractivity contribution is 0.511. The Morgan fingerprint density at radius 2 is 1.62 bits per heavy atom. The molecule has 2 atom stereocenters. The van der Waals surface area contributed by atoms with Crippen molar-refractivity contribution in [3.63, 3.8) is 0 Å². The van der Waals surface area contributed by atoms with E-state index in [1.54, 1.807) is 5.57 Å². The Morgan fingerprint density at radius 3 is 2.12 bits per heavy atom. The third kappa shape index (κ3) is 4.51. The van der Waals surface area contributed by atoms with Gasteiger partial charge in [0.05, 0.1) is 0 Å². The maximum atomic E-state index is 2.47. The third-order valence-corrected chi connectivity index (χ3v) is 7.80. The lowest BCUT2D eigenvalue weighted by Gasteiger charge is -2.46. The Labute approximate surface area is 164 Å². The molecular formula is C25H39P. The molecule has 0 N–H and O–H groups in total. The zero-order valence-electron chi connectivity index (χ0n) is 18.4. The van der Waals surface area contributed by atoms with Crippen LogP contribution in [0.4, 0.5) is 0 Å². The highest BCUT2D eigenvalue weighted by Gasteiger charge is 2.41. The molecule has 2 rings (SSSR count). The number of benzene rings is 1. The fourth-order valence-electron chi connectivity index (χ4n) is 4.15. The smallest absolute Gasteiger partial charge is 0.0194 e. The Balaban J connectivity index is 2.66. The molecule has 1 heteroatoms. The minimum absolute atomic E-state index is 0.246. The van der Waals surface area contributed by atoms with Crippen LogP contribution >= 0.6 is 8.58 Å². The summed E-state index contributed by atoms with van der Waals surface area (Å²) in [5.74, 6) is 1.74. The van der Waals surface area contributed by atoms with E-state index in [1.165, 1.54) is 16.7 Å². The molecule has 0 heterocycles. The van der Waals surface area contributed by atoms with Gasteiger partial charge in [0.1, 0.15) is 0 Å². The minimum atomic E-state index is 0.246. The summed E-state index contributed by atoms with van der Waals surface area (Å²) in [6, 6.07) is 7.24. The molecule has 0 aliphatic heterocycles. The molecule has 2 unspecified atom stereocenters. The first kappa shape index (κ1) is 21.4. The average molecular weight is 371 g/mol. The highest BCUT2D eigenvalue weighted by molar-refractivity contribution is 7.42. The first-order valence-electron chi connectivity index (χ1n) is 10.3. The maximum absolute atomic E-state index is 2.47. The third-order valence-electron chi connectivity index (χ3n) is 5.56. The zero-order valence-corrected chi connectivity index (χ0v) is 19.4. The van der Waals surface area contributed by atoms with Crippen LogP contribution in [0.3, 0.4) is 0 Å². The molecule has 0 aromatic heterocycles. The van der Waals surface area contributed by atoms with E-state index in [0.717, 1.165) is 15.0 Å². The summed E-state index contributed by atoms with van der Waals surface area (Å²) < 4.78 is 0. The van der Waals surface area contributed by atoms with E-state index >= 15 is 0 Å². The predicted molar refractivity (Wildman–Crippen MR) is 122 cm³/mol. The fourth-order valence-corrected chi connectivity index (χ4v) is 6.35. The maximum Gasteiger partial charge on any atom is 0.0194 e. The van der Waals surface area contributed by atoms with Gasteiger partial charge < -0.3 is 0 Å². The normalized spacial score (nSPS) is 21.5. The van der Waals surface area contributed by atoms with Crippen molar-refractivity contribution in [2.24, 2.45) is 5.92 Å². The second-order valence-electron chi connectivity index (χ2n) is 9.87. The molecule has 1 aromatic carbocycles. The Hall–Kier alpha value is -0.870. The quantitative estimate of drug-likeness (QED) is 0.459. The van der Waals surface area contributed by atoms with Gasteiger partial charge in [0.25, 0.3) is 0 Å². The van der Waals surface area contributed by atoms with Crippen LogP contribution in [-0.2, 0) is 0 Å². The van der Waals surface area contributed by atoms with E-state index in [0.29, 0.717) is 22.9 Å². The van der Waals surface area contributed by atoms with Crippen molar-refractivity contribution in [2.45, 2.75) is 90.9 Å². The fraction of sp³-hybridized carbons (Fsp3) is 0.600. The van der Waals surface area contributed by atoms with Crippen molar-refractivity contribution in [1.29, 1.82) is 0 Å². The van der Waals surface area contributed by atoms with E-state index in [9.17, 15) is 0 Å². The first-order valence-corrected chi connectivity index (χ1v) is 11.3. The molecule has 0 bridgehead atoms. The van der Waals surface area contributed by atoms with Gasteiger partial charge in [0, 0.05) is 5.16 Å². The van der Waals surface area contributed by atoms with E-state index in [2.05, 4.69) is 98.7 Å². The van der Waals surface area contributed by atoms with Crippen LogP contribution in [0.25, 0.3) is 5.57 Å². The van der Waals surface area contributed by atoms with Crippen LogP contribution in [0.5, 0.6) is 0 Å². The second kappa shape index (κ2) is 8.02. The summed E-state index contributed by atoms with van der Waals surface area (Å²) in [6.07, 6.45) is 8.25. The monoisotopic (exact) mass is 370 g/mol. The largest absolute Gasteiger partial charge is 0.105 e. The zero-order chi connectivity index (χ0) is 19.7. The molecule has 0 spiro atoms. The number of rotatable bonds is 5. The molecule has 0 radical (unpaired) electrons. The second-order valence-corrected chi connectivity index (χ2v) is 12.5. The van der Waals surface area contributed by atoms with Crippen LogP contribution in [0.15, 0.2) is 36.4 Å². The molecule has 0 fully saturated rings. The van der Waals surface area contributed by atoms with Crippen molar-refractivity contribution in [3.8, 4) is 0 Å². The molecule has 0 saturated heterocycles. The SMILES string of the molecule is CC(C)c1ccc(C2=CC=CCC2(PC(C)(C)C)C(C)C)c(C(C)C)c1. The number of hydrogen-bond donors (Lipinski definition) is 0. The summed E-state index contributed by atoms with van der Waals surface area (Å²) in [6.45, 7) is 21.3. The van der Waals surface area contributed by atoms with E-state index in [4.69, 9.17) is 0 Å². The van der Waals surface area contributed by atoms with Gasteiger partial charge in [-0.05, 0) is 51.6 Å². The van der Waals surface area contributed by atoms with E-state index in [1.807, 2.05) is 0 Å². The highest BCUT2D eigenvalue weighted by Crippen LogP contribution is 2.58.